The number of phenols is 1. The van der Waals surface area contributed by atoms with Gasteiger partial charge in [-0.15, -0.1) is 0 Å². The number of alkyl halides is 1. The van der Waals surface area contributed by atoms with E-state index in [1.165, 1.54) is 5.56 Å². The lowest BCUT2D eigenvalue weighted by atomic mass is 10.0. The molecule has 0 saturated heterocycles. The number of hydrogen-bond donors (Lipinski definition) is 1. The Hall–Kier alpha value is -0.500. The van der Waals surface area contributed by atoms with Crippen LogP contribution >= 0.6 is 15.9 Å². The van der Waals surface area contributed by atoms with E-state index in [1.807, 2.05) is 26.0 Å². The van der Waals surface area contributed by atoms with Crippen LogP contribution in [-0.2, 0) is 11.8 Å². The van der Waals surface area contributed by atoms with Gasteiger partial charge in [-0.05, 0) is 30.0 Å². The Bertz CT molecular complexity index is 281. The molecule has 1 rings (SSSR count). The average molecular weight is 229 g/mol. The molecule has 2 heteroatoms. The van der Waals surface area contributed by atoms with E-state index >= 15 is 0 Å². The van der Waals surface area contributed by atoms with Crippen molar-refractivity contribution < 1.29 is 5.11 Å². The van der Waals surface area contributed by atoms with Crippen LogP contribution < -0.4 is 0 Å². The summed E-state index contributed by atoms with van der Waals surface area (Å²) in [7, 11) is 0. The van der Waals surface area contributed by atoms with E-state index in [1.54, 1.807) is 0 Å². The van der Waals surface area contributed by atoms with E-state index in [9.17, 15) is 5.11 Å². The molecule has 0 aliphatic carbocycles. The zero-order valence-electron chi connectivity index (χ0n) is 7.39. The molecule has 0 bridgehead atoms. The van der Waals surface area contributed by atoms with Crippen LogP contribution in [0.25, 0.3) is 0 Å². The summed E-state index contributed by atoms with van der Waals surface area (Å²) in [6, 6.07) is 4.04. The van der Waals surface area contributed by atoms with Crippen LogP contribution in [0.3, 0.4) is 0 Å². The minimum absolute atomic E-state index is 0.446. The molecule has 0 fully saturated rings. The number of aromatic hydroxyl groups is 1. The maximum atomic E-state index is 9.60. The van der Waals surface area contributed by atoms with Gasteiger partial charge in [0.25, 0.3) is 0 Å². The first-order valence-electron chi connectivity index (χ1n) is 4.06. The van der Waals surface area contributed by atoms with Crippen molar-refractivity contribution in [2.24, 2.45) is 0 Å². The second-order valence-corrected chi connectivity index (χ2v) is 3.47. The van der Waals surface area contributed by atoms with E-state index in [2.05, 4.69) is 15.9 Å². The fourth-order valence-corrected chi connectivity index (χ4v) is 1.60. The molecule has 66 valence electrons. The van der Waals surface area contributed by atoms with Gasteiger partial charge in [-0.1, -0.05) is 35.0 Å². The van der Waals surface area contributed by atoms with Gasteiger partial charge >= 0.3 is 0 Å². The summed E-state index contributed by atoms with van der Waals surface area (Å²) in [5.41, 5.74) is 3.22. The molecule has 0 aromatic heterocycles. The molecule has 0 heterocycles. The Kier molecular flexibility index (Phi) is 3.15. The van der Waals surface area contributed by atoms with Crippen LogP contribution in [0, 0.1) is 6.92 Å². The van der Waals surface area contributed by atoms with Gasteiger partial charge in [-0.2, -0.15) is 0 Å². The SMILES string of the molecule is CCc1cc(CBr)cc(C)c1O. The van der Waals surface area contributed by atoms with Crippen molar-refractivity contribution in [3.63, 3.8) is 0 Å². The van der Waals surface area contributed by atoms with Crippen molar-refractivity contribution in [2.45, 2.75) is 25.6 Å². The molecule has 0 unspecified atom stereocenters. The van der Waals surface area contributed by atoms with Gasteiger partial charge in [0.05, 0.1) is 0 Å². The second kappa shape index (κ2) is 3.94. The second-order valence-electron chi connectivity index (χ2n) is 2.91. The number of hydrogen-bond acceptors (Lipinski definition) is 1. The summed E-state index contributed by atoms with van der Waals surface area (Å²) < 4.78 is 0. The molecule has 0 atom stereocenters. The van der Waals surface area contributed by atoms with Gasteiger partial charge in [0, 0.05) is 5.33 Å². The van der Waals surface area contributed by atoms with Crippen LogP contribution in [-0.4, -0.2) is 5.11 Å². The monoisotopic (exact) mass is 228 g/mol. The fourth-order valence-electron chi connectivity index (χ4n) is 1.28. The predicted octanol–water partition coefficient (Wildman–Crippen LogP) is 3.16. The van der Waals surface area contributed by atoms with Crippen molar-refractivity contribution in [1.82, 2.24) is 0 Å². The average Bonchev–Trinajstić information content (AvgIpc) is 2.09. The molecule has 1 N–H and O–H groups in total. The van der Waals surface area contributed by atoms with Crippen molar-refractivity contribution in [1.29, 1.82) is 0 Å². The zero-order chi connectivity index (χ0) is 9.14. The molecule has 1 aromatic carbocycles. The Labute approximate surface area is 81.6 Å². The third-order valence-electron chi connectivity index (χ3n) is 1.97. The zero-order valence-corrected chi connectivity index (χ0v) is 8.98. The molecule has 0 radical (unpaired) electrons. The van der Waals surface area contributed by atoms with E-state index in [0.717, 1.165) is 22.9 Å². The van der Waals surface area contributed by atoms with Gasteiger partial charge in [-0.25, -0.2) is 0 Å². The summed E-state index contributed by atoms with van der Waals surface area (Å²) in [6.07, 6.45) is 0.882. The van der Waals surface area contributed by atoms with Gasteiger partial charge in [-0.3, -0.25) is 0 Å². The predicted molar refractivity (Wildman–Crippen MR) is 54.9 cm³/mol. The molecule has 0 amide bonds. The highest BCUT2D eigenvalue weighted by atomic mass is 79.9. The third-order valence-corrected chi connectivity index (χ3v) is 2.62. The highest BCUT2D eigenvalue weighted by molar-refractivity contribution is 9.08. The lowest BCUT2D eigenvalue weighted by molar-refractivity contribution is 0.464. The van der Waals surface area contributed by atoms with Gasteiger partial charge in [0.1, 0.15) is 5.75 Å². The first-order chi connectivity index (χ1) is 5.69. The highest BCUT2D eigenvalue weighted by Crippen LogP contribution is 2.25. The standard InChI is InChI=1S/C10H13BrO/c1-3-9-5-8(6-11)4-7(2)10(9)12/h4-5,12H,3,6H2,1-2H3. The summed E-state index contributed by atoms with van der Waals surface area (Å²) in [4.78, 5) is 0. The minimum atomic E-state index is 0.446. The van der Waals surface area contributed by atoms with Crippen molar-refractivity contribution in [3.8, 4) is 5.75 Å². The lowest BCUT2D eigenvalue weighted by Gasteiger charge is -2.07. The Morgan fingerprint density at radius 1 is 1.42 bits per heavy atom. The highest BCUT2D eigenvalue weighted by Gasteiger charge is 2.03. The van der Waals surface area contributed by atoms with Crippen molar-refractivity contribution in [2.75, 3.05) is 0 Å². The van der Waals surface area contributed by atoms with Crippen LogP contribution in [0.2, 0.25) is 0 Å². The fraction of sp³-hybridized carbons (Fsp3) is 0.400. The van der Waals surface area contributed by atoms with Gasteiger partial charge < -0.3 is 5.11 Å². The van der Waals surface area contributed by atoms with Crippen LogP contribution in [0.1, 0.15) is 23.6 Å². The maximum absolute atomic E-state index is 9.60. The number of rotatable bonds is 2. The summed E-state index contributed by atoms with van der Waals surface area (Å²) in [5.74, 6) is 0.446. The Morgan fingerprint density at radius 2 is 2.08 bits per heavy atom. The van der Waals surface area contributed by atoms with E-state index in [4.69, 9.17) is 0 Å². The van der Waals surface area contributed by atoms with E-state index in [0.29, 0.717) is 5.75 Å². The minimum Gasteiger partial charge on any atom is -0.507 e. The number of benzene rings is 1. The van der Waals surface area contributed by atoms with Gasteiger partial charge in [0.2, 0.25) is 0 Å². The van der Waals surface area contributed by atoms with Crippen LogP contribution in [0.4, 0.5) is 0 Å². The Morgan fingerprint density at radius 3 is 2.58 bits per heavy atom. The summed E-state index contributed by atoms with van der Waals surface area (Å²) in [5, 5.41) is 10.5. The van der Waals surface area contributed by atoms with Crippen LogP contribution in [0.15, 0.2) is 12.1 Å². The molecule has 12 heavy (non-hydrogen) atoms. The molecule has 0 aliphatic rings. The van der Waals surface area contributed by atoms with Gasteiger partial charge in [0.15, 0.2) is 0 Å². The molecule has 0 spiro atoms. The van der Waals surface area contributed by atoms with E-state index in [-0.39, 0.29) is 0 Å². The topological polar surface area (TPSA) is 20.2 Å². The smallest absolute Gasteiger partial charge is 0.121 e. The number of halogens is 1. The first-order valence-corrected chi connectivity index (χ1v) is 5.18. The Balaban J connectivity index is 3.19. The maximum Gasteiger partial charge on any atom is 0.121 e. The quantitative estimate of drug-likeness (QED) is 0.772. The summed E-state index contributed by atoms with van der Waals surface area (Å²) in [6.45, 7) is 3.98. The largest absolute Gasteiger partial charge is 0.507 e. The van der Waals surface area contributed by atoms with Crippen LogP contribution in [0.5, 0.6) is 5.75 Å². The normalized spacial score (nSPS) is 10.2. The van der Waals surface area contributed by atoms with E-state index < -0.39 is 0 Å². The van der Waals surface area contributed by atoms with Crippen molar-refractivity contribution >= 4 is 15.9 Å². The number of phenolic OH excluding ortho intramolecular Hbond substituents is 1. The lowest BCUT2D eigenvalue weighted by Crippen LogP contribution is -1.88. The molecule has 1 aromatic rings. The molecular formula is C10H13BrO. The van der Waals surface area contributed by atoms with Crippen molar-refractivity contribution in [3.05, 3.63) is 28.8 Å². The third kappa shape index (κ3) is 1.81. The summed E-state index contributed by atoms with van der Waals surface area (Å²) >= 11 is 3.40. The first kappa shape index (κ1) is 9.59. The molecular weight excluding hydrogens is 216 g/mol. The number of aryl methyl sites for hydroxylation is 2. The molecule has 0 saturated carbocycles. The molecule has 0 aliphatic heterocycles. The molecule has 1 nitrogen and oxygen atoms in total.